The molecule has 0 fully saturated rings. The minimum absolute atomic E-state index is 0.191. The van der Waals surface area contributed by atoms with E-state index in [2.05, 4.69) is 20.5 Å². The zero-order valence-electron chi connectivity index (χ0n) is 16.1. The number of aromatic nitrogens is 4. The number of carbonyl (C=O) groups is 1. The van der Waals surface area contributed by atoms with Crippen molar-refractivity contribution in [1.82, 2.24) is 25.1 Å². The zero-order valence-corrected chi connectivity index (χ0v) is 16.9. The molecule has 2 aromatic heterocycles. The van der Waals surface area contributed by atoms with Gasteiger partial charge in [0.25, 0.3) is 5.91 Å². The van der Waals surface area contributed by atoms with Gasteiger partial charge in [-0.3, -0.25) is 14.7 Å². The number of aromatic amines is 1. The van der Waals surface area contributed by atoms with E-state index in [1.54, 1.807) is 12.3 Å². The van der Waals surface area contributed by atoms with Crippen molar-refractivity contribution < 1.29 is 4.79 Å². The first-order valence-corrected chi connectivity index (χ1v) is 10.7. The lowest BCUT2D eigenvalue weighted by molar-refractivity contribution is 0.0954. The van der Waals surface area contributed by atoms with Gasteiger partial charge in [0.05, 0.1) is 5.52 Å². The molecule has 3 heterocycles. The second-order valence-electron chi connectivity index (χ2n) is 7.07. The minimum atomic E-state index is -0.344. The SMILES string of the molecule is O=C(NCCSc1n[nH]c(-c2ccccc2)n1)c1cn2c3c(cccc3c1=O)CC2. The van der Waals surface area contributed by atoms with Gasteiger partial charge in [-0.2, -0.15) is 0 Å². The third-order valence-corrected chi connectivity index (χ3v) is 6.03. The van der Waals surface area contributed by atoms with Crippen molar-refractivity contribution in [2.75, 3.05) is 12.3 Å². The van der Waals surface area contributed by atoms with Gasteiger partial charge in [0.1, 0.15) is 5.56 Å². The fourth-order valence-corrected chi connectivity index (χ4v) is 4.41. The van der Waals surface area contributed by atoms with E-state index in [1.807, 2.05) is 47.0 Å². The Balaban J connectivity index is 1.22. The van der Waals surface area contributed by atoms with Gasteiger partial charge in [-0.25, -0.2) is 4.98 Å². The lowest BCUT2D eigenvalue weighted by atomic mass is 10.1. The van der Waals surface area contributed by atoms with Gasteiger partial charge in [0, 0.05) is 36.0 Å². The molecule has 0 bridgehead atoms. The summed E-state index contributed by atoms with van der Waals surface area (Å²) in [5.41, 5.74) is 3.06. The molecule has 30 heavy (non-hydrogen) atoms. The van der Waals surface area contributed by atoms with Gasteiger partial charge in [0.2, 0.25) is 10.6 Å². The maximum atomic E-state index is 12.8. The number of nitrogens with one attached hydrogen (secondary N) is 2. The van der Waals surface area contributed by atoms with Gasteiger partial charge in [-0.1, -0.05) is 54.2 Å². The highest BCUT2D eigenvalue weighted by Gasteiger charge is 2.20. The molecule has 2 aromatic carbocycles. The molecule has 0 radical (unpaired) electrons. The summed E-state index contributed by atoms with van der Waals surface area (Å²) in [6.45, 7) is 1.21. The Morgan fingerprint density at radius 2 is 2.03 bits per heavy atom. The third-order valence-electron chi connectivity index (χ3n) is 5.18. The first-order valence-electron chi connectivity index (χ1n) is 9.74. The molecule has 150 valence electrons. The van der Waals surface area contributed by atoms with E-state index in [1.165, 1.54) is 11.8 Å². The van der Waals surface area contributed by atoms with Crippen LogP contribution >= 0.6 is 11.8 Å². The molecule has 1 aliphatic rings. The summed E-state index contributed by atoms with van der Waals surface area (Å²) in [4.78, 5) is 29.9. The first-order chi connectivity index (χ1) is 14.7. The molecule has 0 saturated heterocycles. The number of hydrogen-bond acceptors (Lipinski definition) is 5. The summed E-state index contributed by atoms with van der Waals surface area (Å²) in [6, 6.07) is 15.5. The van der Waals surface area contributed by atoms with Crippen LogP contribution in [0.4, 0.5) is 0 Å². The number of benzene rings is 2. The maximum Gasteiger partial charge on any atom is 0.256 e. The minimum Gasteiger partial charge on any atom is -0.351 e. The number of nitrogens with zero attached hydrogens (tertiary/aromatic N) is 3. The number of carbonyl (C=O) groups excluding carboxylic acids is 1. The summed E-state index contributed by atoms with van der Waals surface area (Å²) in [7, 11) is 0. The Kier molecular flexibility index (Phi) is 4.84. The molecule has 0 aliphatic carbocycles. The molecule has 4 aromatic rings. The van der Waals surface area contributed by atoms with Crippen molar-refractivity contribution in [2.24, 2.45) is 0 Å². The molecule has 8 heteroatoms. The molecule has 0 spiro atoms. The van der Waals surface area contributed by atoms with E-state index in [9.17, 15) is 9.59 Å². The average molecular weight is 417 g/mol. The predicted octanol–water partition coefficient (Wildman–Crippen LogP) is 2.86. The maximum absolute atomic E-state index is 12.8. The van der Waals surface area contributed by atoms with Crippen LogP contribution in [-0.4, -0.2) is 38.0 Å². The van der Waals surface area contributed by atoms with Crippen molar-refractivity contribution in [1.29, 1.82) is 0 Å². The highest BCUT2D eigenvalue weighted by Crippen LogP contribution is 2.24. The van der Waals surface area contributed by atoms with Crippen LogP contribution in [0.15, 0.2) is 64.7 Å². The first kappa shape index (κ1) is 18.6. The van der Waals surface area contributed by atoms with Gasteiger partial charge < -0.3 is 9.88 Å². The molecule has 7 nitrogen and oxygen atoms in total. The van der Waals surface area contributed by atoms with Gasteiger partial charge in [0.15, 0.2) is 5.82 Å². The molecule has 5 rings (SSSR count). The summed E-state index contributed by atoms with van der Waals surface area (Å²) < 4.78 is 2.01. The van der Waals surface area contributed by atoms with Crippen molar-refractivity contribution in [3.63, 3.8) is 0 Å². The Morgan fingerprint density at radius 3 is 2.90 bits per heavy atom. The third kappa shape index (κ3) is 3.39. The van der Waals surface area contributed by atoms with Crippen molar-refractivity contribution in [3.05, 3.63) is 76.1 Å². The van der Waals surface area contributed by atoms with E-state index < -0.39 is 0 Å². The number of rotatable bonds is 6. The topological polar surface area (TPSA) is 92.7 Å². The smallest absolute Gasteiger partial charge is 0.256 e. The number of thioether (sulfide) groups is 1. The van der Waals surface area contributed by atoms with Crippen LogP contribution in [0.1, 0.15) is 15.9 Å². The Hall–Kier alpha value is -3.39. The summed E-state index contributed by atoms with van der Waals surface area (Å²) in [5, 5.41) is 11.2. The molecule has 2 N–H and O–H groups in total. The van der Waals surface area contributed by atoms with Crippen LogP contribution < -0.4 is 10.7 Å². The summed E-state index contributed by atoms with van der Waals surface area (Å²) in [5.74, 6) is 0.969. The Morgan fingerprint density at radius 1 is 1.17 bits per heavy atom. The lowest BCUT2D eigenvalue weighted by Gasteiger charge is -2.09. The lowest BCUT2D eigenvalue weighted by Crippen LogP contribution is -2.31. The Bertz CT molecular complexity index is 1300. The van der Waals surface area contributed by atoms with Crippen LogP contribution in [0.2, 0.25) is 0 Å². The number of para-hydroxylation sites is 1. The number of pyridine rings is 1. The molecule has 0 saturated carbocycles. The standard InChI is InChI=1S/C22H19N5O2S/c28-19-16-8-4-7-14-9-11-27(18(14)16)13-17(19)21(29)23-10-12-30-22-24-20(25-26-22)15-5-2-1-3-6-15/h1-8,13H,9-12H2,(H,23,29)(H,24,25,26). The van der Waals surface area contributed by atoms with Crippen LogP contribution in [-0.2, 0) is 13.0 Å². The number of amides is 1. The number of hydrogen-bond donors (Lipinski definition) is 2. The van der Waals surface area contributed by atoms with Crippen LogP contribution in [0.5, 0.6) is 0 Å². The largest absolute Gasteiger partial charge is 0.351 e. The van der Waals surface area contributed by atoms with Gasteiger partial charge in [-0.15, -0.1) is 5.10 Å². The highest BCUT2D eigenvalue weighted by atomic mass is 32.2. The zero-order chi connectivity index (χ0) is 20.5. The van der Waals surface area contributed by atoms with Crippen LogP contribution in [0.25, 0.3) is 22.3 Å². The monoisotopic (exact) mass is 417 g/mol. The summed E-state index contributed by atoms with van der Waals surface area (Å²) >= 11 is 1.44. The molecule has 1 amide bonds. The molecular formula is C22H19N5O2S. The fraction of sp³-hybridized carbons (Fsp3) is 0.182. The quantitative estimate of drug-likeness (QED) is 0.372. The highest BCUT2D eigenvalue weighted by molar-refractivity contribution is 7.99. The second kappa shape index (κ2) is 7.79. The van der Waals surface area contributed by atoms with Crippen LogP contribution in [0, 0.1) is 0 Å². The number of aryl methyl sites for hydroxylation is 2. The Labute approximate surface area is 176 Å². The fourth-order valence-electron chi connectivity index (χ4n) is 3.76. The molecule has 0 unspecified atom stereocenters. The van der Waals surface area contributed by atoms with Gasteiger partial charge >= 0.3 is 0 Å². The van der Waals surface area contributed by atoms with E-state index in [0.717, 1.165) is 29.6 Å². The second-order valence-corrected chi connectivity index (χ2v) is 8.13. The van der Waals surface area contributed by atoms with Crippen molar-refractivity contribution in [3.8, 4) is 11.4 Å². The van der Waals surface area contributed by atoms with E-state index >= 15 is 0 Å². The van der Waals surface area contributed by atoms with Crippen LogP contribution in [0.3, 0.4) is 0 Å². The van der Waals surface area contributed by atoms with E-state index in [4.69, 9.17) is 0 Å². The van der Waals surface area contributed by atoms with E-state index in [0.29, 0.717) is 28.7 Å². The predicted molar refractivity (Wildman–Crippen MR) is 117 cm³/mol. The van der Waals surface area contributed by atoms with Crippen molar-refractivity contribution >= 4 is 28.6 Å². The molecule has 1 aliphatic heterocycles. The average Bonchev–Trinajstić information content (AvgIpc) is 3.42. The molecular weight excluding hydrogens is 398 g/mol. The number of H-pyrrole nitrogens is 1. The van der Waals surface area contributed by atoms with Crippen molar-refractivity contribution in [2.45, 2.75) is 18.1 Å². The van der Waals surface area contributed by atoms with E-state index in [-0.39, 0.29) is 16.9 Å². The molecule has 0 atom stereocenters. The summed E-state index contributed by atoms with van der Waals surface area (Å²) in [6.07, 6.45) is 2.57. The normalized spacial score (nSPS) is 12.4. The van der Waals surface area contributed by atoms with Gasteiger partial charge in [-0.05, 0) is 18.1 Å².